The summed E-state index contributed by atoms with van der Waals surface area (Å²) in [5.41, 5.74) is 2.13. The molecule has 1 unspecified atom stereocenters. The van der Waals surface area contributed by atoms with Crippen LogP contribution in [0.5, 0.6) is 0 Å². The first-order valence-corrected chi connectivity index (χ1v) is 4.37. The molecule has 0 aliphatic rings. The van der Waals surface area contributed by atoms with Crippen molar-refractivity contribution in [3.63, 3.8) is 0 Å². The van der Waals surface area contributed by atoms with Crippen molar-refractivity contribution >= 4 is 0 Å². The molecule has 1 aromatic rings. The van der Waals surface area contributed by atoms with Crippen LogP contribution in [0, 0.1) is 6.92 Å². The zero-order chi connectivity index (χ0) is 9.84. The first-order chi connectivity index (χ1) is 6.19. The van der Waals surface area contributed by atoms with Crippen LogP contribution in [-0.4, -0.2) is 30.5 Å². The Morgan fingerprint density at radius 2 is 2.38 bits per heavy atom. The van der Waals surface area contributed by atoms with Gasteiger partial charge < -0.3 is 10.1 Å². The SMILES string of the molecule is CNCC(OC)c1cc(C)nn1C. The number of likely N-dealkylation sites (N-methyl/N-ethyl adjacent to an activating group) is 1. The van der Waals surface area contributed by atoms with Gasteiger partial charge in [0.1, 0.15) is 6.10 Å². The molecule has 1 aromatic heterocycles. The summed E-state index contributed by atoms with van der Waals surface area (Å²) < 4.78 is 7.21. The Labute approximate surface area is 78.9 Å². The minimum atomic E-state index is 0.0798. The highest BCUT2D eigenvalue weighted by molar-refractivity contribution is 5.11. The second kappa shape index (κ2) is 4.39. The number of aromatic nitrogens is 2. The number of rotatable bonds is 4. The molecule has 0 amide bonds. The van der Waals surface area contributed by atoms with Gasteiger partial charge in [0.25, 0.3) is 0 Å². The van der Waals surface area contributed by atoms with Crippen LogP contribution < -0.4 is 5.32 Å². The van der Waals surface area contributed by atoms with E-state index in [2.05, 4.69) is 10.4 Å². The first kappa shape index (κ1) is 10.2. The third-order valence-electron chi connectivity index (χ3n) is 2.04. The summed E-state index contributed by atoms with van der Waals surface area (Å²) in [6.07, 6.45) is 0.0798. The van der Waals surface area contributed by atoms with E-state index in [4.69, 9.17) is 4.74 Å². The third-order valence-corrected chi connectivity index (χ3v) is 2.04. The van der Waals surface area contributed by atoms with Crippen molar-refractivity contribution in [2.24, 2.45) is 7.05 Å². The quantitative estimate of drug-likeness (QED) is 0.744. The molecular formula is C9H17N3O. The Bertz CT molecular complexity index is 270. The number of hydrogen-bond donors (Lipinski definition) is 1. The summed E-state index contributed by atoms with van der Waals surface area (Å²) >= 11 is 0. The molecule has 0 spiro atoms. The normalized spacial score (nSPS) is 13.2. The molecule has 1 N–H and O–H groups in total. The van der Waals surface area contributed by atoms with Gasteiger partial charge in [0.15, 0.2) is 0 Å². The van der Waals surface area contributed by atoms with Gasteiger partial charge >= 0.3 is 0 Å². The van der Waals surface area contributed by atoms with Gasteiger partial charge in [0.05, 0.1) is 11.4 Å². The molecule has 0 radical (unpaired) electrons. The van der Waals surface area contributed by atoms with Crippen molar-refractivity contribution in [3.05, 3.63) is 17.5 Å². The van der Waals surface area contributed by atoms with E-state index in [0.29, 0.717) is 0 Å². The predicted molar refractivity (Wildman–Crippen MR) is 51.6 cm³/mol. The van der Waals surface area contributed by atoms with Crippen LogP contribution >= 0.6 is 0 Å². The molecule has 0 fully saturated rings. The Kier molecular flexibility index (Phi) is 3.45. The molecule has 0 bridgehead atoms. The van der Waals surface area contributed by atoms with E-state index in [0.717, 1.165) is 17.9 Å². The van der Waals surface area contributed by atoms with Crippen molar-refractivity contribution in [2.45, 2.75) is 13.0 Å². The molecule has 0 aliphatic heterocycles. The van der Waals surface area contributed by atoms with Crippen molar-refractivity contribution in [1.82, 2.24) is 15.1 Å². The van der Waals surface area contributed by atoms with Crippen molar-refractivity contribution < 1.29 is 4.74 Å². The number of nitrogens with one attached hydrogen (secondary N) is 1. The number of methoxy groups -OCH3 is 1. The van der Waals surface area contributed by atoms with Gasteiger partial charge in [0.2, 0.25) is 0 Å². The standard InChI is InChI=1S/C9H17N3O/c1-7-5-8(12(3)11-7)9(13-4)6-10-2/h5,9-10H,6H2,1-4H3. The second-order valence-electron chi connectivity index (χ2n) is 3.12. The summed E-state index contributed by atoms with van der Waals surface area (Å²) in [5.74, 6) is 0. The lowest BCUT2D eigenvalue weighted by atomic mass is 10.2. The van der Waals surface area contributed by atoms with Gasteiger partial charge in [-0.2, -0.15) is 5.10 Å². The Balaban J connectivity index is 2.83. The molecule has 4 heteroatoms. The largest absolute Gasteiger partial charge is 0.374 e. The summed E-state index contributed by atoms with van der Waals surface area (Å²) in [5, 5.41) is 7.36. The maximum absolute atomic E-state index is 5.35. The van der Waals surface area contributed by atoms with Crippen LogP contribution in [0.15, 0.2) is 6.07 Å². The van der Waals surface area contributed by atoms with Crippen molar-refractivity contribution in [1.29, 1.82) is 0 Å². The van der Waals surface area contributed by atoms with Crippen LogP contribution in [0.3, 0.4) is 0 Å². The molecular weight excluding hydrogens is 166 g/mol. The van der Waals surface area contributed by atoms with Gasteiger partial charge in [-0.05, 0) is 20.0 Å². The average Bonchev–Trinajstić information content (AvgIpc) is 2.41. The van der Waals surface area contributed by atoms with E-state index >= 15 is 0 Å². The fraction of sp³-hybridized carbons (Fsp3) is 0.667. The fourth-order valence-corrected chi connectivity index (χ4v) is 1.43. The van der Waals surface area contributed by atoms with Gasteiger partial charge in [0, 0.05) is 20.7 Å². The highest BCUT2D eigenvalue weighted by Crippen LogP contribution is 2.15. The second-order valence-corrected chi connectivity index (χ2v) is 3.12. The molecule has 1 rings (SSSR count). The van der Waals surface area contributed by atoms with Crippen LogP contribution in [0.25, 0.3) is 0 Å². The van der Waals surface area contributed by atoms with E-state index in [1.165, 1.54) is 0 Å². The summed E-state index contributed by atoms with van der Waals surface area (Å²) in [4.78, 5) is 0. The number of hydrogen-bond acceptors (Lipinski definition) is 3. The molecule has 0 aromatic carbocycles. The Morgan fingerprint density at radius 1 is 1.69 bits per heavy atom. The smallest absolute Gasteiger partial charge is 0.111 e. The topological polar surface area (TPSA) is 39.1 Å². The molecule has 0 aliphatic carbocycles. The number of ether oxygens (including phenoxy) is 1. The lowest BCUT2D eigenvalue weighted by Gasteiger charge is -2.14. The summed E-state index contributed by atoms with van der Waals surface area (Å²) in [6.45, 7) is 2.78. The molecule has 74 valence electrons. The number of aryl methyl sites for hydroxylation is 2. The van der Waals surface area contributed by atoms with Gasteiger partial charge in [-0.1, -0.05) is 0 Å². The average molecular weight is 183 g/mol. The van der Waals surface area contributed by atoms with E-state index in [-0.39, 0.29) is 6.10 Å². The lowest BCUT2D eigenvalue weighted by molar-refractivity contribution is 0.0972. The van der Waals surface area contributed by atoms with Crippen LogP contribution in [0.1, 0.15) is 17.5 Å². The number of nitrogens with zero attached hydrogens (tertiary/aromatic N) is 2. The zero-order valence-corrected chi connectivity index (χ0v) is 8.66. The van der Waals surface area contributed by atoms with Crippen LogP contribution in [-0.2, 0) is 11.8 Å². The van der Waals surface area contributed by atoms with Crippen LogP contribution in [0.2, 0.25) is 0 Å². The minimum Gasteiger partial charge on any atom is -0.374 e. The third kappa shape index (κ3) is 2.29. The minimum absolute atomic E-state index is 0.0798. The van der Waals surface area contributed by atoms with E-state index in [1.54, 1.807) is 7.11 Å². The first-order valence-electron chi connectivity index (χ1n) is 4.37. The molecule has 1 atom stereocenters. The zero-order valence-electron chi connectivity index (χ0n) is 8.66. The highest BCUT2D eigenvalue weighted by atomic mass is 16.5. The molecule has 4 nitrogen and oxygen atoms in total. The predicted octanol–water partition coefficient (Wildman–Crippen LogP) is 0.635. The van der Waals surface area contributed by atoms with E-state index < -0.39 is 0 Å². The summed E-state index contributed by atoms with van der Waals surface area (Å²) in [6, 6.07) is 2.05. The van der Waals surface area contributed by atoms with Crippen molar-refractivity contribution in [2.75, 3.05) is 20.7 Å². The monoisotopic (exact) mass is 183 g/mol. The van der Waals surface area contributed by atoms with Gasteiger partial charge in [-0.3, -0.25) is 4.68 Å². The fourth-order valence-electron chi connectivity index (χ4n) is 1.43. The van der Waals surface area contributed by atoms with E-state index in [1.807, 2.05) is 31.8 Å². The van der Waals surface area contributed by atoms with Gasteiger partial charge in [-0.15, -0.1) is 0 Å². The van der Waals surface area contributed by atoms with Crippen molar-refractivity contribution in [3.8, 4) is 0 Å². The van der Waals surface area contributed by atoms with Crippen LogP contribution in [0.4, 0.5) is 0 Å². The molecule has 0 saturated carbocycles. The summed E-state index contributed by atoms with van der Waals surface area (Å²) in [7, 11) is 5.56. The molecule has 1 heterocycles. The van der Waals surface area contributed by atoms with Gasteiger partial charge in [-0.25, -0.2) is 0 Å². The maximum atomic E-state index is 5.35. The Morgan fingerprint density at radius 3 is 2.77 bits per heavy atom. The maximum Gasteiger partial charge on any atom is 0.111 e. The molecule has 0 saturated heterocycles. The highest BCUT2D eigenvalue weighted by Gasteiger charge is 2.13. The van der Waals surface area contributed by atoms with E-state index in [9.17, 15) is 0 Å². The lowest BCUT2D eigenvalue weighted by Crippen LogP contribution is -2.20. The molecule has 13 heavy (non-hydrogen) atoms. The Hall–Kier alpha value is -0.870.